The van der Waals surface area contributed by atoms with Gasteiger partial charge in [0, 0.05) is 34.1 Å². The number of hydrogen-bond acceptors (Lipinski definition) is 4. The van der Waals surface area contributed by atoms with E-state index in [0.29, 0.717) is 45.3 Å². The molecule has 2 saturated heterocycles. The highest BCUT2D eigenvalue weighted by atomic mass is 35.5. The van der Waals surface area contributed by atoms with Gasteiger partial charge in [0.1, 0.15) is 7.85 Å². The number of halogens is 4. The number of alkyl halides is 3. The van der Waals surface area contributed by atoms with E-state index in [1.165, 1.54) is 25.3 Å². The van der Waals surface area contributed by atoms with Gasteiger partial charge in [-0.25, -0.2) is 4.98 Å². The maximum absolute atomic E-state index is 14.6. The molecule has 2 aliphatic heterocycles. The van der Waals surface area contributed by atoms with Crippen molar-refractivity contribution in [3.63, 3.8) is 0 Å². The molecule has 1 aliphatic carbocycles. The summed E-state index contributed by atoms with van der Waals surface area (Å²) in [4.78, 5) is 24.4. The van der Waals surface area contributed by atoms with E-state index in [-0.39, 0.29) is 16.9 Å². The molecule has 4 aromatic rings. The van der Waals surface area contributed by atoms with Gasteiger partial charge < -0.3 is 10.2 Å². The first kappa shape index (κ1) is 32.2. The molecule has 3 fully saturated rings. The van der Waals surface area contributed by atoms with Crippen LogP contribution in [0.1, 0.15) is 72.0 Å². The van der Waals surface area contributed by atoms with Crippen LogP contribution in [0.5, 0.6) is 0 Å². The summed E-state index contributed by atoms with van der Waals surface area (Å²) in [6.07, 6.45) is 2.78. The Labute approximate surface area is 279 Å². The Kier molecular flexibility index (Phi) is 8.83. The first-order valence-electron chi connectivity index (χ1n) is 16.5. The maximum atomic E-state index is 14.6. The maximum Gasteiger partial charge on any atom is 0.416 e. The van der Waals surface area contributed by atoms with Crippen LogP contribution in [0.15, 0.2) is 66.7 Å². The average molecular weight is 657 g/mol. The number of aromatic nitrogens is 1. The molecule has 0 spiro atoms. The van der Waals surface area contributed by atoms with Crippen LogP contribution >= 0.6 is 11.6 Å². The zero-order valence-electron chi connectivity index (χ0n) is 26.3. The van der Waals surface area contributed by atoms with Crippen LogP contribution in [-0.2, 0) is 18.3 Å². The number of carbonyl (C=O) groups is 1. The number of hydrogen-bond donors (Lipinski definition) is 1. The molecule has 0 bridgehead atoms. The number of carbonyl (C=O) groups excluding carboxylic acids is 1. The zero-order chi connectivity index (χ0) is 32.8. The summed E-state index contributed by atoms with van der Waals surface area (Å²) in [5.74, 6) is -0.313. The van der Waals surface area contributed by atoms with Gasteiger partial charge in [0.25, 0.3) is 5.91 Å². The third-order valence-electron chi connectivity index (χ3n) is 10.2. The van der Waals surface area contributed by atoms with Gasteiger partial charge in [-0.15, -0.1) is 0 Å². The fourth-order valence-corrected chi connectivity index (χ4v) is 7.72. The molecule has 2 radical (unpaired) electrons. The number of fused-ring (bicyclic) bond motifs is 1. The predicted molar refractivity (Wildman–Crippen MR) is 181 cm³/mol. The van der Waals surface area contributed by atoms with E-state index in [1.807, 2.05) is 30.3 Å². The van der Waals surface area contributed by atoms with E-state index in [4.69, 9.17) is 24.4 Å². The Bertz CT molecular complexity index is 1780. The molecule has 3 aromatic carbocycles. The van der Waals surface area contributed by atoms with Crippen LogP contribution in [0, 0.1) is 0 Å². The number of nitrogens with one attached hydrogen (secondary N) is 1. The summed E-state index contributed by atoms with van der Waals surface area (Å²) in [6, 6.07) is 18.8. The zero-order valence-corrected chi connectivity index (χ0v) is 27.0. The first-order valence-corrected chi connectivity index (χ1v) is 16.9. The highest BCUT2D eigenvalue weighted by Gasteiger charge is 2.46. The lowest BCUT2D eigenvalue weighted by Crippen LogP contribution is -2.46. The topological polar surface area (TPSA) is 48.5 Å². The van der Waals surface area contributed by atoms with Crippen molar-refractivity contribution in [2.24, 2.45) is 0 Å². The SMILES string of the molecule is [B]c1cc(Cl)cc2c(C(=O)NC3(c4ccccc4)CC3)c(CN3CCC(N4CCCCC4)CC3)c(-c3cccc(C(F)(F)F)c3)nc12. The van der Waals surface area contributed by atoms with Crippen LogP contribution in [-0.4, -0.2) is 60.8 Å². The standard InChI is InChI=1S/C37H37BClF3N4O/c38-31-22-27(39)21-29-32(35(47)44-36(14-15-36)25-9-3-1-4-10-25)30(23-45-18-12-28(13-19-45)46-16-5-2-6-17-46)33(43-34(29)31)24-8-7-11-26(20-24)37(40,41)42/h1,3-4,7-11,20-22,28H,2,5-6,12-19,23H2,(H,44,47). The highest BCUT2D eigenvalue weighted by molar-refractivity contribution is 6.41. The second-order valence-electron chi connectivity index (χ2n) is 13.3. The summed E-state index contributed by atoms with van der Waals surface area (Å²) in [6.45, 7) is 4.25. The second kappa shape index (κ2) is 12.9. The van der Waals surface area contributed by atoms with Gasteiger partial charge in [0.05, 0.1) is 27.9 Å². The lowest BCUT2D eigenvalue weighted by Gasteiger charge is -2.40. The fraction of sp³-hybridized carbons (Fsp3) is 0.405. The van der Waals surface area contributed by atoms with Crippen molar-refractivity contribution in [1.29, 1.82) is 0 Å². The molecule has 7 rings (SSSR count). The predicted octanol–water partition coefficient (Wildman–Crippen LogP) is 7.24. The molecule has 10 heteroatoms. The van der Waals surface area contributed by atoms with Crippen molar-refractivity contribution >= 4 is 41.7 Å². The molecule has 1 aromatic heterocycles. The van der Waals surface area contributed by atoms with Gasteiger partial charge in [0.15, 0.2) is 0 Å². The molecule has 1 N–H and O–H groups in total. The molecule has 47 heavy (non-hydrogen) atoms. The molecule has 242 valence electrons. The number of nitrogens with zero attached hydrogens (tertiary/aromatic N) is 3. The smallest absolute Gasteiger partial charge is 0.342 e. The summed E-state index contributed by atoms with van der Waals surface area (Å²) >= 11 is 6.52. The molecular weight excluding hydrogens is 620 g/mol. The fourth-order valence-electron chi connectivity index (χ4n) is 7.49. The molecule has 3 heterocycles. The number of rotatable bonds is 7. The number of benzene rings is 3. The van der Waals surface area contributed by atoms with Crippen molar-refractivity contribution in [1.82, 2.24) is 20.1 Å². The minimum Gasteiger partial charge on any atom is -0.342 e. The molecule has 3 aliphatic rings. The van der Waals surface area contributed by atoms with Crippen molar-refractivity contribution in [2.75, 3.05) is 26.2 Å². The summed E-state index contributed by atoms with van der Waals surface area (Å²) in [7, 11) is 6.45. The molecule has 1 saturated carbocycles. The molecule has 5 nitrogen and oxygen atoms in total. The second-order valence-corrected chi connectivity index (χ2v) is 13.7. The van der Waals surface area contributed by atoms with E-state index >= 15 is 0 Å². The first-order chi connectivity index (χ1) is 22.6. The molecule has 1 amide bonds. The van der Waals surface area contributed by atoms with Crippen LogP contribution in [0.4, 0.5) is 13.2 Å². The minimum absolute atomic E-state index is 0.257. The van der Waals surface area contributed by atoms with Crippen LogP contribution in [0.25, 0.3) is 22.2 Å². The average Bonchev–Trinajstić information content (AvgIpc) is 3.85. The van der Waals surface area contributed by atoms with Crippen molar-refractivity contribution in [3.05, 3.63) is 94.0 Å². The van der Waals surface area contributed by atoms with Crippen molar-refractivity contribution in [3.8, 4) is 11.3 Å². The molecule has 0 unspecified atom stereocenters. The Morgan fingerprint density at radius 1 is 0.957 bits per heavy atom. The Morgan fingerprint density at radius 2 is 1.68 bits per heavy atom. The van der Waals surface area contributed by atoms with Gasteiger partial charge in [-0.3, -0.25) is 9.69 Å². The summed E-state index contributed by atoms with van der Waals surface area (Å²) < 4.78 is 41.8. The number of likely N-dealkylation sites (tertiary alicyclic amines) is 2. The van der Waals surface area contributed by atoms with Gasteiger partial charge in [-0.05, 0) is 94.5 Å². The highest BCUT2D eigenvalue weighted by Crippen LogP contribution is 2.46. The third kappa shape index (κ3) is 6.67. The Morgan fingerprint density at radius 3 is 2.36 bits per heavy atom. The largest absolute Gasteiger partial charge is 0.416 e. The number of amides is 1. The van der Waals surface area contributed by atoms with E-state index in [1.54, 1.807) is 18.2 Å². The van der Waals surface area contributed by atoms with Crippen LogP contribution < -0.4 is 10.8 Å². The monoisotopic (exact) mass is 656 g/mol. The van der Waals surface area contributed by atoms with E-state index in [9.17, 15) is 18.0 Å². The summed E-state index contributed by atoms with van der Waals surface area (Å²) in [5.41, 5.74) is 1.87. The normalized spacial score (nSPS) is 19.1. The lowest BCUT2D eigenvalue weighted by atomic mass is 9.88. The molecule has 0 atom stereocenters. The third-order valence-corrected chi connectivity index (χ3v) is 10.4. The van der Waals surface area contributed by atoms with Gasteiger partial charge in [0.2, 0.25) is 0 Å². The van der Waals surface area contributed by atoms with Gasteiger partial charge in [-0.1, -0.05) is 65.9 Å². The lowest BCUT2D eigenvalue weighted by molar-refractivity contribution is -0.137. The van der Waals surface area contributed by atoms with Crippen molar-refractivity contribution in [2.45, 2.75) is 69.2 Å². The Hall–Kier alpha value is -3.40. The Balaban J connectivity index is 1.34. The number of piperidine rings is 2. The van der Waals surface area contributed by atoms with Gasteiger partial charge >= 0.3 is 6.18 Å². The quantitative estimate of drug-likeness (QED) is 0.213. The van der Waals surface area contributed by atoms with Crippen LogP contribution in [0.3, 0.4) is 0 Å². The minimum atomic E-state index is -4.54. The van der Waals surface area contributed by atoms with E-state index in [0.717, 1.165) is 69.6 Å². The van der Waals surface area contributed by atoms with Crippen LogP contribution in [0.2, 0.25) is 5.02 Å². The van der Waals surface area contributed by atoms with E-state index < -0.39 is 17.3 Å². The summed E-state index contributed by atoms with van der Waals surface area (Å²) in [5, 5.41) is 4.16. The molecular formula is C37H37BClF3N4O. The van der Waals surface area contributed by atoms with Crippen molar-refractivity contribution < 1.29 is 18.0 Å². The van der Waals surface area contributed by atoms with E-state index in [2.05, 4.69) is 15.1 Å². The number of pyridine rings is 1. The van der Waals surface area contributed by atoms with Gasteiger partial charge in [-0.2, -0.15) is 13.2 Å².